The van der Waals surface area contributed by atoms with Crippen LogP contribution in [0.3, 0.4) is 0 Å². The summed E-state index contributed by atoms with van der Waals surface area (Å²) < 4.78 is 4.93. The Hall–Kier alpha value is -0.830. The van der Waals surface area contributed by atoms with E-state index in [-0.39, 0.29) is 0 Å². The zero-order valence-corrected chi connectivity index (χ0v) is 7.83. The van der Waals surface area contributed by atoms with Gasteiger partial charge in [0.15, 0.2) is 0 Å². The number of carbonyl (C=O) groups excluding carboxylic acids is 1. The van der Waals surface area contributed by atoms with Crippen LogP contribution in [0.2, 0.25) is 0 Å². The highest BCUT2D eigenvalue weighted by Gasteiger charge is 2.17. The van der Waals surface area contributed by atoms with Crippen LogP contribution in [0.5, 0.6) is 0 Å². The quantitative estimate of drug-likeness (QED) is 0.513. The predicted molar refractivity (Wildman–Crippen MR) is 46.7 cm³/mol. The van der Waals surface area contributed by atoms with Crippen molar-refractivity contribution in [2.24, 2.45) is 0 Å². The lowest BCUT2D eigenvalue weighted by atomic mass is 10.2. The third-order valence-corrected chi connectivity index (χ3v) is 1.55. The Bertz CT molecular complexity index is 173. The van der Waals surface area contributed by atoms with Crippen LogP contribution in [0.4, 0.5) is 0 Å². The van der Waals surface area contributed by atoms with Gasteiger partial charge in [0, 0.05) is 5.57 Å². The molecule has 1 N–H and O–H groups in total. The van der Waals surface area contributed by atoms with E-state index in [9.17, 15) is 4.79 Å². The molecule has 0 rings (SSSR count). The minimum Gasteiger partial charge on any atom is -0.456 e. The molecule has 0 spiro atoms. The van der Waals surface area contributed by atoms with Crippen molar-refractivity contribution >= 4 is 5.97 Å². The molecule has 0 heterocycles. The number of hydrogen-bond acceptors (Lipinski definition) is 3. The van der Waals surface area contributed by atoms with Gasteiger partial charge in [0.25, 0.3) is 0 Å². The normalized spacial score (nSPS) is 15.0. The Kier molecular flexibility index (Phi) is 4.59. The van der Waals surface area contributed by atoms with Gasteiger partial charge in [-0.3, -0.25) is 0 Å². The van der Waals surface area contributed by atoms with Gasteiger partial charge in [-0.05, 0) is 20.3 Å². The average molecular weight is 172 g/mol. The fraction of sp³-hybridized carbons (Fsp3) is 0.667. The van der Waals surface area contributed by atoms with Crippen LogP contribution in [0.15, 0.2) is 12.2 Å². The molecular formula is C9H16O3. The molecule has 0 aromatic rings. The molecule has 0 aliphatic heterocycles. The number of ether oxygens (including phenoxy) is 1. The Balaban J connectivity index is 4.03. The molecule has 12 heavy (non-hydrogen) atoms. The van der Waals surface area contributed by atoms with E-state index in [1.54, 1.807) is 13.8 Å². The molecule has 0 fully saturated rings. The van der Waals surface area contributed by atoms with E-state index in [0.29, 0.717) is 12.0 Å². The molecule has 0 saturated heterocycles. The molecule has 0 bridgehead atoms. The molecule has 3 heteroatoms. The Morgan fingerprint density at radius 2 is 2.17 bits per heavy atom. The Labute approximate surface area is 73.0 Å². The standard InChI is InChI=1S/C9H16O3/c1-5-8(7(4)10)12-9(11)6(2)3/h7-8,10H,2,5H2,1,3-4H3. The summed E-state index contributed by atoms with van der Waals surface area (Å²) in [4.78, 5) is 11.0. The van der Waals surface area contributed by atoms with Crippen molar-refractivity contribution in [3.8, 4) is 0 Å². The van der Waals surface area contributed by atoms with Crippen molar-refractivity contribution in [3.05, 3.63) is 12.2 Å². The minimum absolute atomic E-state index is 0.356. The van der Waals surface area contributed by atoms with Crippen molar-refractivity contribution in [2.75, 3.05) is 0 Å². The third-order valence-electron chi connectivity index (χ3n) is 1.55. The van der Waals surface area contributed by atoms with Gasteiger partial charge < -0.3 is 9.84 Å². The largest absolute Gasteiger partial charge is 0.456 e. The van der Waals surface area contributed by atoms with E-state index in [1.807, 2.05) is 6.92 Å². The number of rotatable bonds is 4. The van der Waals surface area contributed by atoms with Gasteiger partial charge in [0.05, 0.1) is 6.10 Å². The smallest absolute Gasteiger partial charge is 0.333 e. The van der Waals surface area contributed by atoms with Gasteiger partial charge >= 0.3 is 5.97 Å². The fourth-order valence-corrected chi connectivity index (χ4v) is 0.761. The summed E-state index contributed by atoms with van der Waals surface area (Å²) in [6, 6.07) is 0. The summed E-state index contributed by atoms with van der Waals surface area (Å²) in [5.74, 6) is -0.442. The first kappa shape index (κ1) is 11.2. The van der Waals surface area contributed by atoms with Crippen LogP contribution in [0, 0.1) is 0 Å². The molecule has 0 aromatic heterocycles. The lowest BCUT2D eigenvalue weighted by molar-refractivity contribution is -0.149. The third kappa shape index (κ3) is 3.53. The van der Waals surface area contributed by atoms with Crippen LogP contribution in [-0.2, 0) is 9.53 Å². The van der Waals surface area contributed by atoms with Crippen LogP contribution in [0.25, 0.3) is 0 Å². The second-order valence-corrected chi connectivity index (χ2v) is 2.87. The molecule has 0 radical (unpaired) electrons. The zero-order chi connectivity index (χ0) is 9.72. The van der Waals surface area contributed by atoms with Crippen LogP contribution >= 0.6 is 0 Å². The second-order valence-electron chi connectivity index (χ2n) is 2.87. The van der Waals surface area contributed by atoms with E-state index in [2.05, 4.69) is 6.58 Å². The molecule has 2 unspecified atom stereocenters. The van der Waals surface area contributed by atoms with Crippen LogP contribution in [0.1, 0.15) is 27.2 Å². The van der Waals surface area contributed by atoms with Crippen molar-refractivity contribution < 1.29 is 14.6 Å². The molecule has 0 aliphatic carbocycles. The number of carbonyl (C=O) groups is 1. The highest BCUT2D eigenvalue weighted by molar-refractivity contribution is 5.87. The molecule has 3 nitrogen and oxygen atoms in total. The summed E-state index contributed by atoms with van der Waals surface area (Å²) in [5.41, 5.74) is 0.356. The Morgan fingerprint density at radius 1 is 1.67 bits per heavy atom. The molecule has 2 atom stereocenters. The fourth-order valence-electron chi connectivity index (χ4n) is 0.761. The molecule has 0 aromatic carbocycles. The van der Waals surface area contributed by atoms with Gasteiger partial charge in [-0.25, -0.2) is 4.79 Å². The number of aliphatic hydroxyl groups is 1. The highest BCUT2D eigenvalue weighted by Crippen LogP contribution is 2.06. The van der Waals surface area contributed by atoms with E-state index >= 15 is 0 Å². The van der Waals surface area contributed by atoms with Crippen molar-refractivity contribution in [2.45, 2.75) is 39.4 Å². The van der Waals surface area contributed by atoms with Gasteiger partial charge in [0.1, 0.15) is 6.10 Å². The van der Waals surface area contributed by atoms with E-state index in [0.717, 1.165) is 0 Å². The van der Waals surface area contributed by atoms with Crippen LogP contribution in [-0.4, -0.2) is 23.3 Å². The summed E-state index contributed by atoms with van der Waals surface area (Å²) >= 11 is 0. The maximum absolute atomic E-state index is 11.0. The number of aliphatic hydroxyl groups excluding tert-OH is 1. The number of hydrogen-bond donors (Lipinski definition) is 1. The SMILES string of the molecule is C=C(C)C(=O)OC(CC)C(C)O. The van der Waals surface area contributed by atoms with Gasteiger partial charge in [-0.15, -0.1) is 0 Å². The maximum atomic E-state index is 11.0. The first-order chi connectivity index (χ1) is 5.49. The average Bonchev–Trinajstić information content (AvgIpc) is 1.98. The first-order valence-corrected chi connectivity index (χ1v) is 4.03. The first-order valence-electron chi connectivity index (χ1n) is 4.03. The molecule has 0 amide bonds. The highest BCUT2D eigenvalue weighted by atomic mass is 16.6. The lowest BCUT2D eigenvalue weighted by Crippen LogP contribution is -2.28. The van der Waals surface area contributed by atoms with Gasteiger partial charge in [-0.1, -0.05) is 13.5 Å². The topological polar surface area (TPSA) is 46.5 Å². The van der Waals surface area contributed by atoms with Crippen molar-refractivity contribution in [3.63, 3.8) is 0 Å². The van der Waals surface area contributed by atoms with Crippen LogP contribution < -0.4 is 0 Å². The maximum Gasteiger partial charge on any atom is 0.333 e. The molecule has 0 aliphatic rings. The van der Waals surface area contributed by atoms with Crippen molar-refractivity contribution in [1.29, 1.82) is 0 Å². The van der Waals surface area contributed by atoms with E-state index in [1.165, 1.54) is 0 Å². The minimum atomic E-state index is -0.627. The lowest BCUT2D eigenvalue weighted by Gasteiger charge is -2.18. The zero-order valence-electron chi connectivity index (χ0n) is 7.83. The Morgan fingerprint density at radius 3 is 2.42 bits per heavy atom. The monoisotopic (exact) mass is 172 g/mol. The van der Waals surface area contributed by atoms with Gasteiger partial charge in [-0.2, -0.15) is 0 Å². The summed E-state index contributed by atoms with van der Waals surface area (Å²) in [6.45, 7) is 8.47. The predicted octanol–water partition coefficient (Wildman–Crippen LogP) is 1.27. The number of esters is 1. The van der Waals surface area contributed by atoms with E-state index in [4.69, 9.17) is 9.84 Å². The van der Waals surface area contributed by atoms with Gasteiger partial charge in [0.2, 0.25) is 0 Å². The second kappa shape index (κ2) is 4.93. The summed E-state index contributed by atoms with van der Waals surface area (Å²) in [6.07, 6.45) is -0.441. The van der Waals surface area contributed by atoms with Crippen molar-refractivity contribution in [1.82, 2.24) is 0 Å². The molecule has 0 saturated carbocycles. The molecular weight excluding hydrogens is 156 g/mol. The summed E-state index contributed by atoms with van der Waals surface area (Å²) in [5, 5.41) is 9.14. The summed E-state index contributed by atoms with van der Waals surface area (Å²) in [7, 11) is 0. The molecule has 70 valence electrons. The van der Waals surface area contributed by atoms with E-state index < -0.39 is 18.2 Å².